The van der Waals surface area contributed by atoms with Gasteiger partial charge in [-0.3, -0.25) is 9.59 Å². The maximum absolute atomic E-state index is 12.4. The number of hydrogen-bond donors (Lipinski definition) is 1. The number of rotatable bonds is 7. The third-order valence-corrected chi connectivity index (χ3v) is 6.67. The molecule has 0 spiro atoms. The standard InChI is InChI=1S/C19H21BrN6O2S2/c1-5-26-16(12-6-8-13(20)9-7-12)23-24-19(26)29-10-14(27)22-18-21-11(2)15(30-18)17(28)25(3)4/h6-9H,5,10H2,1-4H3,(H,21,22,27). The van der Waals surface area contributed by atoms with Crippen LogP contribution in [0.15, 0.2) is 33.9 Å². The zero-order chi connectivity index (χ0) is 21.8. The topological polar surface area (TPSA) is 93.0 Å². The Morgan fingerprint density at radius 2 is 1.93 bits per heavy atom. The van der Waals surface area contributed by atoms with Crippen molar-refractivity contribution in [1.82, 2.24) is 24.6 Å². The van der Waals surface area contributed by atoms with Crippen LogP contribution in [0.25, 0.3) is 11.4 Å². The predicted molar refractivity (Wildman–Crippen MR) is 123 cm³/mol. The first-order chi connectivity index (χ1) is 14.3. The van der Waals surface area contributed by atoms with Crippen molar-refractivity contribution in [2.75, 3.05) is 25.2 Å². The Balaban J connectivity index is 1.66. The van der Waals surface area contributed by atoms with Crippen molar-refractivity contribution >= 4 is 56.0 Å². The predicted octanol–water partition coefficient (Wildman–Crippen LogP) is 3.93. The molecule has 0 aliphatic rings. The fraction of sp³-hybridized carbons (Fsp3) is 0.316. The van der Waals surface area contributed by atoms with Crippen molar-refractivity contribution < 1.29 is 9.59 Å². The Kier molecular flexibility index (Phi) is 7.27. The summed E-state index contributed by atoms with van der Waals surface area (Å²) in [4.78, 5) is 30.8. The molecule has 158 valence electrons. The fourth-order valence-corrected chi connectivity index (χ4v) is 4.70. The summed E-state index contributed by atoms with van der Waals surface area (Å²) in [7, 11) is 3.37. The summed E-state index contributed by atoms with van der Waals surface area (Å²) in [6.07, 6.45) is 0. The molecular formula is C19H21BrN6O2S2. The van der Waals surface area contributed by atoms with Gasteiger partial charge < -0.3 is 14.8 Å². The highest BCUT2D eigenvalue weighted by Gasteiger charge is 2.19. The van der Waals surface area contributed by atoms with E-state index in [0.29, 0.717) is 27.4 Å². The minimum Gasteiger partial charge on any atom is -0.344 e. The zero-order valence-corrected chi connectivity index (χ0v) is 20.2. The van der Waals surface area contributed by atoms with E-state index in [4.69, 9.17) is 0 Å². The van der Waals surface area contributed by atoms with E-state index >= 15 is 0 Å². The number of benzene rings is 1. The van der Waals surface area contributed by atoms with Crippen molar-refractivity contribution in [1.29, 1.82) is 0 Å². The van der Waals surface area contributed by atoms with Gasteiger partial charge in [-0.05, 0) is 26.0 Å². The van der Waals surface area contributed by atoms with E-state index in [-0.39, 0.29) is 17.6 Å². The van der Waals surface area contributed by atoms with Gasteiger partial charge in [0, 0.05) is 30.7 Å². The van der Waals surface area contributed by atoms with Gasteiger partial charge in [0.05, 0.1) is 11.4 Å². The van der Waals surface area contributed by atoms with Crippen LogP contribution < -0.4 is 5.32 Å². The molecule has 2 amide bonds. The third kappa shape index (κ3) is 5.08. The lowest BCUT2D eigenvalue weighted by atomic mass is 10.2. The van der Waals surface area contributed by atoms with Crippen LogP contribution in [0.3, 0.4) is 0 Å². The van der Waals surface area contributed by atoms with Gasteiger partial charge >= 0.3 is 0 Å². The Hall–Kier alpha value is -2.24. The van der Waals surface area contributed by atoms with Crippen LogP contribution in [0.4, 0.5) is 5.13 Å². The molecule has 30 heavy (non-hydrogen) atoms. The fourth-order valence-electron chi connectivity index (χ4n) is 2.63. The number of hydrogen-bond acceptors (Lipinski definition) is 7. The van der Waals surface area contributed by atoms with Gasteiger partial charge in [0.15, 0.2) is 16.1 Å². The second-order valence-corrected chi connectivity index (χ2v) is 9.38. The number of nitrogens with zero attached hydrogens (tertiary/aromatic N) is 5. The van der Waals surface area contributed by atoms with E-state index in [0.717, 1.165) is 15.9 Å². The number of carbonyl (C=O) groups is 2. The van der Waals surface area contributed by atoms with Crippen molar-refractivity contribution in [3.63, 3.8) is 0 Å². The van der Waals surface area contributed by atoms with Gasteiger partial charge in [-0.25, -0.2) is 4.98 Å². The summed E-state index contributed by atoms with van der Waals surface area (Å²) >= 11 is 5.92. The Morgan fingerprint density at radius 1 is 1.23 bits per heavy atom. The molecule has 3 rings (SSSR count). The summed E-state index contributed by atoms with van der Waals surface area (Å²) in [6, 6.07) is 7.85. The molecule has 8 nitrogen and oxygen atoms in total. The van der Waals surface area contributed by atoms with Crippen LogP contribution in [-0.4, -0.2) is 56.3 Å². The molecule has 0 unspecified atom stereocenters. The first kappa shape index (κ1) is 22.4. The summed E-state index contributed by atoms with van der Waals surface area (Å²) in [5, 5.41) is 12.4. The number of aromatic nitrogens is 4. The van der Waals surface area contributed by atoms with Crippen molar-refractivity contribution in [2.45, 2.75) is 25.5 Å². The molecule has 3 aromatic rings. The number of thioether (sulfide) groups is 1. The molecule has 0 bridgehead atoms. The second kappa shape index (κ2) is 9.71. The van der Waals surface area contributed by atoms with Gasteiger partial charge in [-0.15, -0.1) is 10.2 Å². The number of aryl methyl sites for hydroxylation is 1. The van der Waals surface area contributed by atoms with E-state index in [1.165, 1.54) is 28.0 Å². The summed E-state index contributed by atoms with van der Waals surface area (Å²) in [5.74, 6) is 0.578. The van der Waals surface area contributed by atoms with Gasteiger partial charge in [-0.2, -0.15) is 0 Å². The number of thiazole rings is 1. The van der Waals surface area contributed by atoms with Crippen LogP contribution in [0, 0.1) is 6.92 Å². The first-order valence-electron chi connectivity index (χ1n) is 9.11. The summed E-state index contributed by atoms with van der Waals surface area (Å²) < 4.78 is 2.97. The Labute approximate surface area is 191 Å². The molecule has 2 heterocycles. The normalized spacial score (nSPS) is 10.8. The minimum absolute atomic E-state index is 0.128. The SMILES string of the molecule is CCn1c(SCC(=O)Nc2nc(C)c(C(=O)N(C)C)s2)nnc1-c1ccc(Br)cc1. The minimum atomic E-state index is -0.214. The second-order valence-electron chi connectivity index (χ2n) is 6.53. The number of anilines is 1. The number of amides is 2. The third-order valence-electron chi connectivity index (χ3n) is 4.11. The van der Waals surface area contributed by atoms with E-state index in [2.05, 4.69) is 36.4 Å². The first-order valence-corrected chi connectivity index (χ1v) is 11.7. The van der Waals surface area contributed by atoms with Crippen molar-refractivity contribution in [3.05, 3.63) is 39.3 Å². The zero-order valence-electron chi connectivity index (χ0n) is 17.0. The van der Waals surface area contributed by atoms with E-state index in [1.807, 2.05) is 35.8 Å². The molecular weight excluding hydrogens is 488 g/mol. The molecule has 1 N–H and O–H groups in total. The highest BCUT2D eigenvalue weighted by Crippen LogP contribution is 2.26. The quantitative estimate of drug-likeness (QED) is 0.486. The van der Waals surface area contributed by atoms with Crippen LogP contribution in [0.2, 0.25) is 0 Å². The summed E-state index contributed by atoms with van der Waals surface area (Å²) in [5.41, 5.74) is 1.56. The van der Waals surface area contributed by atoms with Crippen molar-refractivity contribution in [3.8, 4) is 11.4 Å². The van der Waals surface area contributed by atoms with Crippen LogP contribution in [0.1, 0.15) is 22.3 Å². The van der Waals surface area contributed by atoms with E-state index in [1.54, 1.807) is 21.0 Å². The largest absolute Gasteiger partial charge is 0.344 e. The lowest BCUT2D eigenvalue weighted by molar-refractivity contribution is -0.113. The monoisotopic (exact) mass is 508 g/mol. The van der Waals surface area contributed by atoms with E-state index < -0.39 is 0 Å². The smallest absolute Gasteiger partial charge is 0.265 e. The molecule has 0 radical (unpaired) electrons. The number of carbonyl (C=O) groups excluding carboxylic acids is 2. The van der Waals surface area contributed by atoms with Gasteiger partial charge in [0.1, 0.15) is 4.88 Å². The molecule has 0 aliphatic carbocycles. The maximum atomic E-state index is 12.4. The average molecular weight is 509 g/mol. The molecule has 0 aliphatic heterocycles. The molecule has 0 saturated heterocycles. The summed E-state index contributed by atoms with van der Waals surface area (Å²) in [6.45, 7) is 4.45. The molecule has 0 atom stereocenters. The number of halogens is 1. The lowest BCUT2D eigenvalue weighted by Crippen LogP contribution is -2.21. The number of nitrogens with one attached hydrogen (secondary N) is 1. The van der Waals surface area contributed by atoms with Crippen LogP contribution in [-0.2, 0) is 11.3 Å². The molecule has 2 aromatic heterocycles. The van der Waals surface area contributed by atoms with Crippen LogP contribution >= 0.6 is 39.0 Å². The van der Waals surface area contributed by atoms with Gasteiger partial charge in [0.25, 0.3) is 5.91 Å². The highest BCUT2D eigenvalue weighted by atomic mass is 79.9. The van der Waals surface area contributed by atoms with E-state index in [9.17, 15) is 9.59 Å². The average Bonchev–Trinajstić information content (AvgIpc) is 3.29. The van der Waals surface area contributed by atoms with Gasteiger partial charge in [-0.1, -0.05) is 51.2 Å². The highest BCUT2D eigenvalue weighted by molar-refractivity contribution is 9.10. The molecule has 1 aromatic carbocycles. The van der Waals surface area contributed by atoms with Crippen molar-refractivity contribution in [2.24, 2.45) is 0 Å². The van der Waals surface area contributed by atoms with Gasteiger partial charge in [0.2, 0.25) is 5.91 Å². The molecule has 11 heteroatoms. The Bertz CT molecular complexity index is 1060. The molecule has 0 saturated carbocycles. The Morgan fingerprint density at radius 3 is 2.57 bits per heavy atom. The maximum Gasteiger partial charge on any atom is 0.265 e. The molecule has 0 fully saturated rings. The lowest BCUT2D eigenvalue weighted by Gasteiger charge is -2.08. The van der Waals surface area contributed by atoms with Crippen LogP contribution in [0.5, 0.6) is 0 Å².